The van der Waals surface area contributed by atoms with Gasteiger partial charge in [-0.1, -0.05) is 34.1 Å². The van der Waals surface area contributed by atoms with E-state index < -0.39 is 0 Å². The van der Waals surface area contributed by atoms with Gasteiger partial charge in [0.1, 0.15) is 18.9 Å². The standard InChI is InChI=1S/C23H20BrN3O2/c24-17-7-4-15(5-8-17)22-25-27-14-19(18-3-1-2-10-26(22)23(18)27)16-6-9-20-21(13-16)29-12-11-28-20/h4-9,13-14H,1-3,10-12H2. The summed E-state index contributed by atoms with van der Waals surface area (Å²) in [5, 5.41) is 4.97. The topological polar surface area (TPSA) is 40.7 Å². The van der Waals surface area contributed by atoms with E-state index in [0.29, 0.717) is 13.2 Å². The highest BCUT2D eigenvalue weighted by molar-refractivity contribution is 9.10. The van der Waals surface area contributed by atoms with Gasteiger partial charge in [-0.05, 0) is 49.1 Å². The smallest absolute Gasteiger partial charge is 0.162 e. The molecule has 0 atom stereocenters. The Bertz CT molecular complexity index is 1220. The largest absolute Gasteiger partial charge is 0.486 e. The molecular weight excluding hydrogens is 430 g/mol. The van der Waals surface area contributed by atoms with E-state index in [4.69, 9.17) is 14.6 Å². The van der Waals surface area contributed by atoms with Crippen molar-refractivity contribution in [2.75, 3.05) is 13.2 Å². The van der Waals surface area contributed by atoms with Crippen LogP contribution in [0.5, 0.6) is 11.5 Å². The first-order valence-corrected chi connectivity index (χ1v) is 10.8. The van der Waals surface area contributed by atoms with Gasteiger partial charge in [-0.2, -0.15) is 0 Å². The van der Waals surface area contributed by atoms with Crippen molar-refractivity contribution in [2.45, 2.75) is 25.8 Å². The van der Waals surface area contributed by atoms with Crippen LogP contribution in [0.15, 0.2) is 53.1 Å². The minimum atomic E-state index is 0.601. The predicted molar refractivity (Wildman–Crippen MR) is 116 cm³/mol. The monoisotopic (exact) mass is 449 g/mol. The van der Waals surface area contributed by atoms with Gasteiger partial charge < -0.3 is 14.0 Å². The highest BCUT2D eigenvalue weighted by Crippen LogP contribution is 2.39. The van der Waals surface area contributed by atoms with E-state index in [1.54, 1.807) is 0 Å². The predicted octanol–water partition coefficient (Wildman–Crippen LogP) is 5.34. The first-order valence-electron chi connectivity index (χ1n) is 10.0. The molecule has 0 saturated heterocycles. The number of aryl methyl sites for hydroxylation is 2. The van der Waals surface area contributed by atoms with Crippen molar-refractivity contribution in [2.24, 2.45) is 0 Å². The van der Waals surface area contributed by atoms with Crippen LogP contribution in [0.4, 0.5) is 0 Å². The quantitative estimate of drug-likeness (QED) is 0.414. The van der Waals surface area contributed by atoms with Crippen LogP contribution in [0.25, 0.3) is 28.2 Å². The number of hydrogen-bond donors (Lipinski definition) is 0. The number of hydrogen-bond acceptors (Lipinski definition) is 3. The summed E-state index contributed by atoms with van der Waals surface area (Å²) in [5.74, 6) is 2.69. The number of fused-ring (bicyclic) bond motifs is 1. The van der Waals surface area contributed by atoms with Gasteiger partial charge in [-0.15, -0.1) is 5.10 Å². The van der Waals surface area contributed by atoms with E-state index in [2.05, 4.69) is 67.6 Å². The molecule has 6 heteroatoms. The lowest BCUT2D eigenvalue weighted by Gasteiger charge is -2.19. The van der Waals surface area contributed by atoms with E-state index in [1.807, 2.05) is 6.07 Å². The molecule has 29 heavy (non-hydrogen) atoms. The molecule has 0 amide bonds. The van der Waals surface area contributed by atoms with Crippen LogP contribution in [0.3, 0.4) is 0 Å². The number of rotatable bonds is 2. The van der Waals surface area contributed by atoms with E-state index in [-0.39, 0.29) is 0 Å². The number of aromatic nitrogens is 3. The second-order valence-electron chi connectivity index (χ2n) is 7.59. The first-order chi connectivity index (χ1) is 14.3. The van der Waals surface area contributed by atoms with Crippen LogP contribution in [-0.4, -0.2) is 27.4 Å². The molecule has 0 N–H and O–H groups in total. The average Bonchev–Trinajstić information content (AvgIpc) is 3.18. The maximum Gasteiger partial charge on any atom is 0.162 e. The fourth-order valence-electron chi connectivity index (χ4n) is 4.44. The first kappa shape index (κ1) is 17.2. The SMILES string of the molecule is Brc1ccc(-c2nn3cc(-c4ccc5c(c4)OCCO5)c4c3n2CCCC4)cc1. The number of halogens is 1. The van der Waals surface area contributed by atoms with Gasteiger partial charge in [-0.25, -0.2) is 4.52 Å². The summed E-state index contributed by atoms with van der Waals surface area (Å²) in [7, 11) is 0. The molecule has 0 spiro atoms. The van der Waals surface area contributed by atoms with Gasteiger partial charge in [0.05, 0.1) is 0 Å². The summed E-state index contributed by atoms with van der Waals surface area (Å²) < 4.78 is 17.0. The lowest BCUT2D eigenvalue weighted by Crippen LogP contribution is -2.15. The highest BCUT2D eigenvalue weighted by Gasteiger charge is 2.24. The Morgan fingerprint density at radius 2 is 1.69 bits per heavy atom. The normalized spacial score (nSPS) is 15.5. The van der Waals surface area contributed by atoms with Crippen LogP contribution < -0.4 is 9.47 Å². The van der Waals surface area contributed by atoms with Gasteiger partial charge in [0.25, 0.3) is 0 Å². The summed E-state index contributed by atoms with van der Waals surface area (Å²) in [4.78, 5) is 0. The molecule has 0 unspecified atom stereocenters. The van der Waals surface area contributed by atoms with Crippen molar-refractivity contribution in [1.82, 2.24) is 14.2 Å². The van der Waals surface area contributed by atoms with Gasteiger partial charge in [-0.3, -0.25) is 0 Å². The van der Waals surface area contributed by atoms with Crippen molar-refractivity contribution in [3.05, 3.63) is 58.7 Å². The van der Waals surface area contributed by atoms with Crippen LogP contribution >= 0.6 is 15.9 Å². The molecule has 0 bridgehead atoms. The Morgan fingerprint density at radius 1 is 0.897 bits per heavy atom. The van der Waals surface area contributed by atoms with Crippen molar-refractivity contribution < 1.29 is 9.47 Å². The molecular formula is C23H20BrN3O2. The number of ether oxygens (including phenoxy) is 2. The maximum absolute atomic E-state index is 5.81. The molecule has 4 aromatic rings. The zero-order chi connectivity index (χ0) is 19.4. The van der Waals surface area contributed by atoms with E-state index >= 15 is 0 Å². The third-order valence-corrected chi connectivity index (χ3v) is 6.32. The molecule has 0 saturated carbocycles. The second kappa shape index (κ2) is 6.66. The van der Waals surface area contributed by atoms with Gasteiger partial charge in [0.2, 0.25) is 0 Å². The molecule has 6 rings (SSSR count). The summed E-state index contributed by atoms with van der Waals surface area (Å²) in [6, 6.07) is 14.7. The van der Waals surface area contributed by atoms with Crippen LogP contribution in [-0.2, 0) is 13.0 Å². The molecule has 0 fully saturated rings. The van der Waals surface area contributed by atoms with Crippen LogP contribution in [0.1, 0.15) is 18.4 Å². The highest BCUT2D eigenvalue weighted by atomic mass is 79.9. The summed E-state index contributed by atoms with van der Waals surface area (Å²) >= 11 is 3.53. The molecule has 2 aliphatic heterocycles. The molecule has 2 aromatic carbocycles. The molecule has 146 valence electrons. The van der Waals surface area contributed by atoms with Crippen LogP contribution in [0.2, 0.25) is 0 Å². The van der Waals surface area contributed by atoms with Gasteiger partial charge in [0.15, 0.2) is 17.3 Å². The van der Waals surface area contributed by atoms with Crippen LogP contribution in [0, 0.1) is 0 Å². The van der Waals surface area contributed by atoms with E-state index in [9.17, 15) is 0 Å². The molecule has 0 aliphatic carbocycles. The Morgan fingerprint density at radius 3 is 2.55 bits per heavy atom. The second-order valence-corrected chi connectivity index (χ2v) is 8.50. The fraction of sp³-hybridized carbons (Fsp3) is 0.261. The molecule has 0 radical (unpaired) electrons. The summed E-state index contributed by atoms with van der Waals surface area (Å²) in [5.41, 5.74) is 6.13. The molecule has 5 nitrogen and oxygen atoms in total. The van der Waals surface area contributed by atoms with Crippen molar-refractivity contribution >= 4 is 21.6 Å². The number of benzene rings is 2. The molecule has 4 heterocycles. The average molecular weight is 450 g/mol. The summed E-state index contributed by atoms with van der Waals surface area (Å²) in [6.45, 7) is 2.21. The lowest BCUT2D eigenvalue weighted by atomic mass is 10.0. The van der Waals surface area contributed by atoms with E-state index in [0.717, 1.165) is 52.3 Å². The third-order valence-electron chi connectivity index (χ3n) is 5.79. The van der Waals surface area contributed by atoms with Crippen molar-refractivity contribution in [3.8, 4) is 34.0 Å². The maximum atomic E-state index is 5.81. The Hall–Kier alpha value is -2.73. The Labute approximate surface area is 177 Å². The van der Waals surface area contributed by atoms with E-state index in [1.165, 1.54) is 23.2 Å². The molecule has 2 aromatic heterocycles. The third kappa shape index (κ3) is 2.77. The minimum Gasteiger partial charge on any atom is -0.486 e. The lowest BCUT2D eigenvalue weighted by molar-refractivity contribution is 0.171. The minimum absolute atomic E-state index is 0.601. The Kier molecular flexibility index (Phi) is 3.94. The van der Waals surface area contributed by atoms with Gasteiger partial charge in [0, 0.05) is 33.9 Å². The Balaban J connectivity index is 1.52. The fourth-order valence-corrected chi connectivity index (χ4v) is 4.71. The zero-order valence-corrected chi connectivity index (χ0v) is 17.5. The van der Waals surface area contributed by atoms with Crippen molar-refractivity contribution in [1.29, 1.82) is 0 Å². The van der Waals surface area contributed by atoms with Gasteiger partial charge >= 0.3 is 0 Å². The summed E-state index contributed by atoms with van der Waals surface area (Å²) in [6.07, 6.45) is 5.56. The molecule has 2 aliphatic rings. The van der Waals surface area contributed by atoms with Crippen molar-refractivity contribution in [3.63, 3.8) is 0 Å². The number of nitrogens with zero attached hydrogens (tertiary/aromatic N) is 3. The zero-order valence-electron chi connectivity index (χ0n) is 15.9.